The van der Waals surface area contributed by atoms with Crippen molar-refractivity contribution in [3.63, 3.8) is 0 Å². The number of nitrogens with two attached hydrogens (primary N) is 1. The van der Waals surface area contributed by atoms with Crippen LogP contribution in [0, 0.1) is 0 Å². The van der Waals surface area contributed by atoms with Crippen molar-refractivity contribution < 1.29 is 4.79 Å². The number of tetrazole rings is 1. The van der Waals surface area contributed by atoms with E-state index in [2.05, 4.69) is 20.6 Å². The summed E-state index contributed by atoms with van der Waals surface area (Å²) in [6.07, 6.45) is 1.64. The Morgan fingerprint density at radius 1 is 1.50 bits per heavy atom. The van der Waals surface area contributed by atoms with Gasteiger partial charge in [0.1, 0.15) is 0 Å². The number of benzene rings is 1. The van der Waals surface area contributed by atoms with Gasteiger partial charge in [-0.05, 0) is 23.3 Å². The molecule has 1 heterocycles. The van der Waals surface area contributed by atoms with E-state index < -0.39 is 0 Å². The molecule has 6 nitrogen and oxygen atoms in total. The van der Waals surface area contributed by atoms with Crippen molar-refractivity contribution >= 4 is 5.91 Å². The predicted octanol–water partition coefficient (Wildman–Crippen LogP) is 1.24. The van der Waals surface area contributed by atoms with Crippen LogP contribution in [0.5, 0.6) is 0 Å². The highest BCUT2D eigenvalue weighted by Gasteiger charge is 2.17. The maximum absolute atomic E-state index is 11.5. The Labute approximate surface area is 105 Å². The van der Waals surface area contributed by atoms with Crippen LogP contribution in [0.3, 0.4) is 0 Å². The number of carbonyl (C=O) groups is 1. The molecule has 94 valence electrons. The van der Waals surface area contributed by atoms with Crippen LogP contribution in [0.2, 0.25) is 0 Å². The van der Waals surface area contributed by atoms with Crippen molar-refractivity contribution in [2.45, 2.75) is 25.7 Å². The molecule has 1 unspecified atom stereocenters. The Bertz CT molecular complexity index is 523. The number of H-pyrrole nitrogens is 1. The number of rotatable bonds is 5. The second-order valence-corrected chi connectivity index (χ2v) is 4.10. The molecule has 1 aromatic heterocycles. The van der Waals surface area contributed by atoms with Gasteiger partial charge in [-0.15, -0.1) is 10.2 Å². The summed E-state index contributed by atoms with van der Waals surface area (Å²) in [5.74, 6) is -0.0551. The van der Waals surface area contributed by atoms with E-state index in [4.69, 9.17) is 5.73 Å². The zero-order chi connectivity index (χ0) is 13.0. The molecule has 0 aliphatic rings. The fourth-order valence-corrected chi connectivity index (χ4v) is 1.94. The molecule has 18 heavy (non-hydrogen) atoms. The summed E-state index contributed by atoms with van der Waals surface area (Å²) >= 11 is 0. The van der Waals surface area contributed by atoms with Crippen LogP contribution >= 0.6 is 0 Å². The zero-order valence-corrected chi connectivity index (χ0v) is 10.1. The molecule has 1 aromatic carbocycles. The van der Waals surface area contributed by atoms with Gasteiger partial charge in [0.15, 0.2) is 0 Å². The summed E-state index contributed by atoms with van der Waals surface area (Å²) in [6.45, 7) is 2.03. The first-order valence-corrected chi connectivity index (χ1v) is 5.85. The lowest BCUT2D eigenvalue weighted by Crippen LogP contribution is -2.21. The van der Waals surface area contributed by atoms with Crippen LogP contribution in [0.1, 0.15) is 31.2 Å². The monoisotopic (exact) mass is 245 g/mol. The first-order valence-electron chi connectivity index (χ1n) is 5.85. The number of nitrogens with one attached hydrogen (secondary N) is 1. The van der Waals surface area contributed by atoms with Crippen molar-refractivity contribution in [1.29, 1.82) is 0 Å². The third-order valence-electron chi connectivity index (χ3n) is 2.81. The topological polar surface area (TPSA) is 97.5 Å². The quantitative estimate of drug-likeness (QED) is 0.827. The molecule has 1 atom stereocenters. The van der Waals surface area contributed by atoms with Gasteiger partial charge in [0.05, 0.1) is 5.92 Å². The van der Waals surface area contributed by atoms with E-state index in [1.807, 2.05) is 31.2 Å². The van der Waals surface area contributed by atoms with Gasteiger partial charge in [-0.2, -0.15) is 5.21 Å². The minimum absolute atomic E-state index is 0.262. The summed E-state index contributed by atoms with van der Waals surface area (Å²) in [5.41, 5.74) is 7.15. The van der Waals surface area contributed by atoms with Gasteiger partial charge < -0.3 is 5.73 Å². The molecule has 0 saturated carbocycles. The number of primary amides is 1. The highest BCUT2D eigenvalue weighted by Crippen LogP contribution is 2.24. The minimum Gasteiger partial charge on any atom is -0.369 e. The molecule has 3 N–H and O–H groups in total. The summed E-state index contributed by atoms with van der Waals surface area (Å²) < 4.78 is 0. The number of hydrogen-bond acceptors (Lipinski definition) is 4. The SMILES string of the molecule is CCCC(C(N)=O)c1cccc(-c2nn[nH]n2)c1. The van der Waals surface area contributed by atoms with Crippen molar-refractivity contribution in [1.82, 2.24) is 20.6 Å². The van der Waals surface area contributed by atoms with Gasteiger partial charge >= 0.3 is 0 Å². The van der Waals surface area contributed by atoms with Crippen LogP contribution in [0.4, 0.5) is 0 Å². The number of amides is 1. The average Bonchev–Trinajstić information content (AvgIpc) is 2.89. The molecule has 0 aliphatic heterocycles. The molecule has 0 aliphatic carbocycles. The minimum atomic E-state index is -0.304. The standard InChI is InChI=1S/C12H15N5O/c1-2-4-10(11(13)18)8-5-3-6-9(7-8)12-14-16-17-15-12/h3,5-7,10H,2,4H2,1H3,(H2,13,18)(H,14,15,16,17). The molecule has 6 heteroatoms. The van der Waals surface area contributed by atoms with Crippen molar-refractivity contribution in [3.05, 3.63) is 29.8 Å². The Morgan fingerprint density at radius 3 is 2.94 bits per heavy atom. The molecule has 0 radical (unpaired) electrons. The summed E-state index contributed by atoms with van der Waals surface area (Å²) in [7, 11) is 0. The second kappa shape index (κ2) is 5.39. The summed E-state index contributed by atoms with van der Waals surface area (Å²) in [5, 5.41) is 13.7. The van der Waals surface area contributed by atoms with Crippen LogP contribution in [0.15, 0.2) is 24.3 Å². The molecule has 2 rings (SSSR count). The van der Waals surface area contributed by atoms with Crippen LogP contribution in [-0.2, 0) is 4.79 Å². The van der Waals surface area contributed by atoms with Gasteiger partial charge in [-0.25, -0.2) is 0 Å². The normalized spacial score (nSPS) is 12.3. The van der Waals surface area contributed by atoms with E-state index in [1.54, 1.807) is 0 Å². The van der Waals surface area contributed by atoms with Crippen LogP contribution in [-0.4, -0.2) is 26.5 Å². The van der Waals surface area contributed by atoms with Crippen molar-refractivity contribution in [2.75, 3.05) is 0 Å². The Kier molecular flexibility index (Phi) is 3.66. The largest absolute Gasteiger partial charge is 0.369 e. The summed E-state index contributed by atoms with van der Waals surface area (Å²) in [6, 6.07) is 7.52. The smallest absolute Gasteiger partial charge is 0.224 e. The molecule has 2 aromatic rings. The van der Waals surface area contributed by atoms with Gasteiger partial charge in [0.2, 0.25) is 11.7 Å². The molecule has 0 saturated heterocycles. The maximum atomic E-state index is 11.5. The van der Waals surface area contributed by atoms with E-state index >= 15 is 0 Å². The van der Waals surface area contributed by atoms with E-state index in [0.717, 1.165) is 24.0 Å². The number of aromatic amines is 1. The molecule has 0 bridgehead atoms. The van der Waals surface area contributed by atoms with Gasteiger partial charge in [0.25, 0.3) is 0 Å². The molecule has 0 spiro atoms. The second-order valence-electron chi connectivity index (χ2n) is 4.10. The highest BCUT2D eigenvalue weighted by atomic mass is 16.1. The molecular weight excluding hydrogens is 230 g/mol. The lowest BCUT2D eigenvalue weighted by molar-refractivity contribution is -0.119. The Balaban J connectivity index is 2.34. The third-order valence-corrected chi connectivity index (χ3v) is 2.81. The summed E-state index contributed by atoms with van der Waals surface area (Å²) in [4.78, 5) is 11.5. The van der Waals surface area contributed by atoms with Gasteiger partial charge in [0, 0.05) is 5.56 Å². The van der Waals surface area contributed by atoms with Gasteiger partial charge in [-0.3, -0.25) is 4.79 Å². The number of hydrogen-bond donors (Lipinski definition) is 2. The fourth-order valence-electron chi connectivity index (χ4n) is 1.94. The third kappa shape index (κ3) is 2.53. The van der Waals surface area contributed by atoms with Crippen molar-refractivity contribution in [3.8, 4) is 11.4 Å². The molecular formula is C12H15N5O. The van der Waals surface area contributed by atoms with Crippen LogP contribution in [0.25, 0.3) is 11.4 Å². The van der Waals surface area contributed by atoms with Gasteiger partial charge in [-0.1, -0.05) is 31.5 Å². The number of nitrogens with zero attached hydrogens (tertiary/aromatic N) is 3. The zero-order valence-electron chi connectivity index (χ0n) is 10.1. The van der Waals surface area contributed by atoms with E-state index in [-0.39, 0.29) is 11.8 Å². The first-order chi connectivity index (χ1) is 8.72. The molecule has 1 amide bonds. The maximum Gasteiger partial charge on any atom is 0.224 e. The number of aromatic nitrogens is 4. The number of carbonyl (C=O) groups excluding carboxylic acids is 1. The highest BCUT2D eigenvalue weighted by molar-refractivity contribution is 5.82. The van der Waals surface area contributed by atoms with E-state index in [0.29, 0.717) is 5.82 Å². The average molecular weight is 245 g/mol. The molecule has 0 fully saturated rings. The Hall–Kier alpha value is -2.24. The Morgan fingerprint density at radius 2 is 2.33 bits per heavy atom. The lowest BCUT2D eigenvalue weighted by Gasteiger charge is -2.13. The van der Waals surface area contributed by atoms with E-state index in [1.165, 1.54) is 0 Å². The lowest BCUT2D eigenvalue weighted by atomic mass is 9.92. The first kappa shape index (κ1) is 12.2. The van der Waals surface area contributed by atoms with Crippen molar-refractivity contribution in [2.24, 2.45) is 5.73 Å². The van der Waals surface area contributed by atoms with E-state index in [9.17, 15) is 4.79 Å². The van der Waals surface area contributed by atoms with Crippen LogP contribution < -0.4 is 5.73 Å². The predicted molar refractivity (Wildman–Crippen MR) is 66.5 cm³/mol. The fraction of sp³-hybridized carbons (Fsp3) is 0.333.